The van der Waals surface area contributed by atoms with Crippen LogP contribution >= 0.6 is 0 Å². The molecule has 0 unspecified atom stereocenters. The van der Waals surface area contributed by atoms with Gasteiger partial charge in [0.25, 0.3) is 0 Å². The first-order chi connectivity index (χ1) is 8.42. The highest BCUT2D eigenvalue weighted by Gasteiger charge is 2.15. The van der Waals surface area contributed by atoms with E-state index in [2.05, 4.69) is 22.4 Å². The van der Waals surface area contributed by atoms with Crippen molar-refractivity contribution >= 4 is 10.9 Å². The maximum Gasteiger partial charge on any atom is 0.121 e. The van der Waals surface area contributed by atoms with E-state index in [1.807, 2.05) is 24.4 Å². The molecule has 1 fully saturated rings. The van der Waals surface area contributed by atoms with Gasteiger partial charge in [0, 0.05) is 17.6 Å². The van der Waals surface area contributed by atoms with Gasteiger partial charge in [-0.05, 0) is 43.6 Å². The van der Waals surface area contributed by atoms with E-state index in [0.29, 0.717) is 0 Å². The van der Waals surface area contributed by atoms with Crippen LogP contribution in [0.3, 0.4) is 0 Å². The third kappa shape index (κ3) is 2.39. The summed E-state index contributed by atoms with van der Waals surface area (Å²) in [7, 11) is 0. The van der Waals surface area contributed by atoms with Crippen molar-refractivity contribution in [2.45, 2.75) is 6.42 Å². The number of fused-ring (bicyclic) bond motifs is 1. The van der Waals surface area contributed by atoms with Crippen molar-refractivity contribution in [3.63, 3.8) is 0 Å². The molecule has 1 aromatic carbocycles. The average molecular weight is 228 g/mol. The van der Waals surface area contributed by atoms with Gasteiger partial charge in [-0.15, -0.1) is 0 Å². The topological polar surface area (TPSA) is 34.1 Å². The molecule has 1 aliphatic rings. The summed E-state index contributed by atoms with van der Waals surface area (Å²) in [6.45, 7) is 3.08. The number of aromatic nitrogens is 1. The highest BCUT2D eigenvalue weighted by Crippen LogP contribution is 2.19. The molecule has 3 heteroatoms. The molecule has 0 amide bonds. The molecule has 88 valence electrons. The number of ether oxygens (including phenoxy) is 1. The molecule has 1 aliphatic heterocycles. The van der Waals surface area contributed by atoms with E-state index < -0.39 is 0 Å². The summed E-state index contributed by atoms with van der Waals surface area (Å²) < 4.78 is 5.75. The molecule has 0 radical (unpaired) electrons. The van der Waals surface area contributed by atoms with E-state index in [9.17, 15) is 0 Å². The first-order valence-corrected chi connectivity index (χ1v) is 6.10. The summed E-state index contributed by atoms with van der Waals surface area (Å²) in [5.74, 6) is 1.72. The minimum atomic E-state index is 0.796. The zero-order valence-corrected chi connectivity index (χ0v) is 9.73. The van der Waals surface area contributed by atoms with Crippen LogP contribution in [-0.2, 0) is 0 Å². The minimum absolute atomic E-state index is 0.796. The average Bonchev–Trinajstić information content (AvgIpc) is 2.32. The Morgan fingerprint density at radius 1 is 1.29 bits per heavy atom. The summed E-state index contributed by atoms with van der Waals surface area (Å²) in [4.78, 5) is 4.32. The summed E-state index contributed by atoms with van der Waals surface area (Å²) in [5.41, 5.74) is 0.996. The first kappa shape index (κ1) is 10.5. The number of hydrogen-bond donors (Lipinski definition) is 1. The van der Waals surface area contributed by atoms with E-state index in [1.54, 1.807) is 0 Å². The lowest BCUT2D eigenvalue weighted by Gasteiger charge is -2.26. The second-order valence-electron chi connectivity index (χ2n) is 4.52. The Morgan fingerprint density at radius 2 is 2.24 bits per heavy atom. The van der Waals surface area contributed by atoms with Gasteiger partial charge in [0.2, 0.25) is 0 Å². The maximum atomic E-state index is 5.75. The van der Waals surface area contributed by atoms with Crippen molar-refractivity contribution in [3.8, 4) is 5.75 Å². The molecule has 0 spiro atoms. The standard InChI is InChI=1S/C14H16N2O/c1-2-12-3-4-13(8-14(12)16-6-1)17-7-5-11-9-15-10-11/h1-4,6,8,11,15H,5,7,9-10H2. The number of nitrogens with one attached hydrogen (secondary N) is 1. The summed E-state index contributed by atoms with van der Waals surface area (Å²) in [6.07, 6.45) is 2.94. The largest absolute Gasteiger partial charge is 0.494 e. The Hall–Kier alpha value is -1.61. The third-order valence-electron chi connectivity index (χ3n) is 3.24. The molecular formula is C14H16N2O. The van der Waals surface area contributed by atoms with Gasteiger partial charge in [-0.3, -0.25) is 4.98 Å². The van der Waals surface area contributed by atoms with Crippen LogP contribution in [0.5, 0.6) is 5.75 Å². The van der Waals surface area contributed by atoms with Gasteiger partial charge >= 0.3 is 0 Å². The Bertz CT molecular complexity index is 508. The van der Waals surface area contributed by atoms with Crippen LogP contribution in [0.1, 0.15) is 6.42 Å². The normalized spacial score (nSPS) is 15.8. The predicted octanol–water partition coefficient (Wildman–Crippen LogP) is 2.22. The first-order valence-electron chi connectivity index (χ1n) is 6.10. The van der Waals surface area contributed by atoms with Gasteiger partial charge in [-0.1, -0.05) is 6.07 Å². The smallest absolute Gasteiger partial charge is 0.121 e. The summed E-state index contributed by atoms with van der Waals surface area (Å²) in [5, 5.41) is 4.42. The molecule has 0 atom stereocenters. The minimum Gasteiger partial charge on any atom is -0.494 e. The molecule has 2 heterocycles. The molecule has 1 N–H and O–H groups in total. The lowest BCUT2D eigenvalue weighted by atomic mass is 10.0. The summed E-state index contributed by atoms with van der Waals surface area (Å²) >= 11 is 0. The van der Waals surface area contributed by atoms with Crippen LogP contribution in [0.2, 0.25) is 0 Å². The van der Waals surface area contributed by atoms with Crippen LogP contribution in [0, 0.1) is 5.92 Å². The zero-order chi connectivity index (χ0) is 11.5. The van der Waals surface area contributed by atoms with Crippen LogP contribution in [0.25, 0.3) is 10.9 Å². The summed E-state index contributed by atoms with van der Waals surface area (Å²) in [6, 6.07) is 10.1. The Labute approximate surface area is 101 Å². The van der Waals surface area contributed by atoms with Crippen molar-refractivity contribution in [2.24, 2.45) is 5.92 Å². The quantitative estimate of drug-likeness (QED) is 0.871. The molecule has 3 nitrogen and oxygen atoms in total. The zero-order valence-electron chi connectivity index (χ0n) is 9.73. The monoisotopic (exact) mass is 228 g/mol. The fourth-order valence-corrected chi connectivity index (χ4v) is 2.03. The van der Waals surface area contributed by atoms with Gasteiger partial charge in [0.1, 0.15) is 5.75 Å². The van der Waals surface area contributed by atoms with Gasteiger partial charge < -0.3 is 10.1 Å². The Morgan fingerprint density at radius 3 is 3.06 bits per heavy atom. The van der Waals surface area contributed by atoms with Crippen LogP contribution < -0.4 is 10.1 Å². The molecule has 0 bridgehead atoms. The number of benzene rings is 1. The Balaban J connectivity index is 1.63. The van der Waals surface area contributed by atoms with E-state index in [1.165, 1.54) is 0 Å². The Kier molecular flexibility index (Phi) is 2.92. The number of rotatable bonds is 4. The SMILES string of the molecule is c1cnc2cc(OCCC3CNC3)ccc2c1. The molecule has 3 rings (SSSR count). The van der Waals surface area contributed by atoms with Crippen molar-refractivity contribution < 1.29 is 4.74 Å². The molecule has 17 heavy (non-hydrogen) atoms. The lowest BCUT2D eigenvalue weighted by molar-refractivity contribution is 0.238. The van der Waals surface area contributed by atoms with E-state index >= 15 is 0 Å². The van der Waals surface area contributed by atoms with E-state index in [-0.39, 0.29) is 0 Å². The highest BCUT2D eigenvalue weighted by molar-refractivity contribution is 5.79. The molecule has 0 aliphatic carbocycles. The predicted molar refractivity (Wildman–Crippen MR) is 68.2 cm³/mol. The van der Waals surface area contributed by atoms with Crippen molar-refractivity contribution in [1.29, 1.82) is 0 Å². The molecule has 1 saturated heterocycles. The van der Waals surface area contributed by atoms with Crippen LogP contribution in [-0.4, -0.2) is 24.7 Å². The van der Waals surface area contributed by atoms with Crippen molar-refractivity contribution in [1.82, 2.24) is 10.3 Å². The van der Waals surface area contributed by atoms with Crippen molar-refractivity contribution in [3.05, 3.63) is 36.5 Å². The van der Waals surface area contributed by atoms with Crippen LogP contribution in [0.15, 0.2) is 36.5 Å². The molecule has 1 aromatic heterocycles. The van der Waals surface area contributed by atoms with Gasteiger partial charge in [0.15, 0.2) is 0 Å². The second-order valence-corrected chi connectivity index (χ2v) is 4.52. The maximum absolute atomic E-state index is 5.75. The van der Waals surface area contributed by atoms with E-state index in [0.717, 1.165) is 48.7 Å². The van der Waals surface area contributed by atoms with Crippen molar-refractivity contribution in [2.75, 3.05) is 19.7 Å². The lowest BCUT2D eigenvalue weighted by Crippen LogP contribution is -2.42. The second kappa shape index (κ2) is 4.72. The van der Waals surface area contributed by atoms with Gasteiger partial charge in [0.05, 0.1) is 12.1 Å². The molecule has 0 saturated carbocycles. The fourth-order valence-electron chi connectivity index (χ4n) is 2.03. The van der Waals surface area contributed by atoms with Gasteiger partial charge in [-0.25, -0.2) is 0 Å². The molecule has 2 aromatic rings. The van der Waals surface area contributed by atoms with Crippen LogP contribution in [0.4, 0.5) is 0 Å². The highest BCUT2D eigenvalue weighted by atomic mass is 16.5. The third-order valence-corrected chi connectivity index (χ3v) is 3.24. The number of nitrogens with zero attached hydrogens (tertiary/aromatic N) is 1. The fraction of sp³-hybridized carbons (Fsp3) is 0.357. The van der Waals surface area contributed by atoms with Gasteiger partial charge in [-0.2, -0.15) is 0 Å². The van der Waals surface area contributed by atoms with E-state index in [4.69, 9.17) is 4.74 Å². The number of pyridine rings is 1. The molecular weight excluding hydrogens is 212 g/mol. The number of hydrogen-bond acceptors (Lipinski definition) is 3.